The zero-order valence-electron chi connectivity index (χ0n) is 9.69. The third kappa shape index (κ3) is 2.25. The number of esters is 1. The summed E-state index contributed by atoms with van der Waals surface area (Å²) in [5.74, 6) is -0.285. The summed E-state index contributed by atoms with van der Waals surface area (Å²) < 4.78 is 18.0. The second kappa shape index (κ2) is 4.52. The highest BCUT2D eigenvalue weighted by Crippen LogP contribution is 2.32. The van der Waals surface area contributed by atoms with Crippen molar-refractivity contribution in [2.24, 2.45) is 0 Å². The minimum absolute atomic E-state index is 0.308. The second-order valence-corrected chi connectivity index (χ2v) is 4.58. The molecule has 0 aromatic heterocycles. The van der Waals surface area contributed by atoms with E-state index in [0.29, 0.717) is 21.9 Å². The normalized spacial score (nSPS) is 15.5. The number of benzene rings is 2. The number of rotatable bonds is 1. The van der Waals surface area contributed by atoms with Gasteiger partial charge in [-0.25, -0.2) is 9.18 Å². The van der Waals surface area contributed by atoms with E-state index in [0.717, 1.165) is 5.56 Å². The lowest BCUT2D eigenvalue weighted by Crippen LogP contribution is -1.92. The summed E-state index contributed by atoms with van der Waals surface area (Å²) in [6.45, 7) is 0. The van der Waals surface area contributed by atoms with E-state index >= 15 is 0 Å². The third-order valence-electron chi connectivity index (χ3n) is 2.84. The predicted octanol–water partition coefficient (Wildman–Crippen LogP) is 4.15. The van der Waals surface area contributed by atoms with Crippen molar-refractivity contribution in [1.29, 1.82) is 0 Å². The van der Waals surface area contributed by atoms with Gasteiger partial charge in [0.15, 0.2) is 0 Å². The van der Waals surface area contributed by atoms with Gasteiger partial charge in [-0.1, -0.05) is 23.7 Å². The fraction of sp³-hybridized carbons (Fsp3) is 0. The Hall–Kier alpha value is -2.13. The van der Waals surface area contributed by atoms with Gasteiger partial charge in [-0.2, -0.15) is 0 Å². The summed E-state index contributed by atoms with van der Waals surface area (Å²) in [5, 5.41) is 0.485. The van der Waals surface area contributed by atoms with Crippen LogP contribution in [0.15, 0.2) is 42.5 Å². The van der Waals surface area contributed by atoms with E-state index < -0.39 is 5.97 Å². The van der Waals surface area contributed by atoms with Crippen LogP contribution in [-0.2, 0) is 4.74 Å². The Bertz CT molecular complexity index is 690. The van der Waals surface area contributed by atoms with Gasteiger partial charge in [-0.05, 0) is 42.0 Å². The zero-order chi connectivity index (χ0) is 13.4. The summed E-state index contributed by atoms with van der Waals surface area (Å²) in [6.07, 6.45) is 1.69. The summed E-state index contributed by atoms with van der Waals surface area (Å²) in [7, 11) is 0. The van der Waals surface area contributed by atoms with Crippen LogP contribution in [0.5, 0.6) is 0 Å². The molecule has 0 atom stereocenters. The SMILES string of the molecule is O=C1O/C(=C\c2ccc(F)cc2)c2ccc(Cl)cc21. The van der Waals surface area contributed by atoms with Crippen molar-refractivity contribution >= 4 is 29.4 Å². The molecule has 0 saturated carbocycles. The van der Waals surface area contributed by atoms with Crippen LogP contribution in [0.25, 0.3) is 11.8 Å². The maximum Gasteiger partial charge on any atom is 0.344 e. The fourth-order valence-electron chi connectivity index (χ4n) is 1.93. The van der Waals surface area contributed by atoms with Crippen LogP contribution in [-0.4, -0.2) is 5.97 Å². The Labute approximate surface area is 114 Å². The Morgan fingerprint density at radius 2 is 1.79 bits per heavy atom. The average molecular weight is 275 g/mol. The molecule has 0 saturated heterocycles. The summed E-state index contributed by atoms with van der Waals surface area (Å²) in [5.41, 5.74) is 1.89. The molecule has 1 aliphatic heterocycles. The molecule has 0 amide bonds. The number of hydrogen-bond acceptors (Lipinski definition) is 2. The minimum atomic E-state index is -0.425. The van der Waals surface area contributed by atoms with E-state index in [1.165, 1.54) is 12.1 Å². The van der Waals surface area contributed by atoms with Crippen molar-refractivity contribution in [3.63, 3.8) is 0 Å². The largest absolute Gasteiger partial charge is 0.422 e. The van der Waals surface area contributed by atoms with Crippen molar-refractivity contribution < 1.29 is 13.9 Å². The van der Waals surface area contributed by atoms with Crippen LogP contribution >= 0.6 is 11.6 Å². The molecule has 0 aliphatic carbocycles. The maximum atomic E-state index is 12.8. The lowest BCUT2D eigenvalue weighted by atomic mass is 10.1. The number of cyclic esters (lactones) is 1. The predicted molar refractivity (Wildman–Crippen MR) is 71.1 cm³/mol. The maximum absolute atomic E-state index is 12.8. The van der Waals surface area contributed by atoms with E-state index in [2.05, 4.69) is 0 Å². The molecule has 0 spiro atoms. The average Bonchev–Trinajstić information content (AvgIpc) is 2.69. The van der Waals surface area contributed by atoms with Gasteiger partial charge >= 0.3 is 5.97 Å². The first-order chi connectivity index (χ1) is 9.13. The van der Waals surface area contributed by atoms with Crippen molar-refractivity contribution in [3.8, 4) is 0 Å². The Morgan fingerprint density at radius 3 is 2.53 bits per heavy atom. The molecule has 0 N–H and O–H groups in total. The molecule has 3 rings (SSSR count). The molecule has 2 aromatic rings. The van der Waals surface area contributed by atoms with Crippen LogP contribution in [0.1, 0.15) is 21.5 Å². The first-order valence-corrected chi connectivity index (χ1v) is 6.01. The summed E-state index contributed by atoms with van der Waals surface area (Å²) in [6, 6.07) is 10.9. The molecule has 0 fully saturated rings. The molecular weight excluding hydrogens is 267 g/mol. The lowest BCUT2D eigenvalue weighted by Gasteiger charge is -1.99. The van der Waals surface area contributed by atoms with E-state index in [9.17, 15) is 9.18 Å². The van der Waals surface area contributed by atoms with Crippen molar-refractivity contribution in [3.05, 3.63) is 70.0 Å². The quantitative estimate of drug-likeness (QED) is 0.730. The molecular formula is C15H8ClFO2. The highest BCUT2D eigenvalue weighted by molar-refractivity contribution is 6.31. The number of ether oxygens (including phenoxy) is 1. The number of hydrogen-bond donors (Lipinski definition) is 0. The number of carbonyl (C=O) groups excluding carboxylic acids is 1. The van der Waals surface area contributed by atoms with Crippen LogP contribution in [0.2, 0.25) is 5.02 Å². The molecule has 19 heavy (non-hydrogen) atoms. The standard InChI is InChI=1S/C15H8ClFO2/c16-10-3-6-12-13(8-10)15(18)19-14(12)7-9-1-4-11(17)5-2-9/h1-8H/b14-7-. The third-order valence-corrected chi connectivity index (χ3v) is 3.07. The summed E-state index contributed by atoms with van der Waals surface area (Å²) in [4.78, 5) is 11.7. The molecule has 2 aromatic carbocycles. The van der Waals surface area contributed by atoms with Gasteiger partial charge in [-0.15, -0.1) is 0 Å². The smallest absolute Gasteiger partial charge is 0.344 e. The van der Waals surface area contributed by atoms with Gasteiger partial charge in [0.05, 0.1) is 5.56 Å². The molecule has 0 bridgehead atoms. The molecule has 0 radical (unpaired) electrons. The van der Waals surface area contributed by atoms with Gasteiger partial charge in [0, 0.05) is 10.6 Å². The van der Waals surface area contributed by atoms with Crippen molar-refractivity contribution in [2.45, 2.75) is 0 Å². The van der Waals surface area contributed by atoms with Crippen LogP contribution in [0.3, 0.4) is 0 Å². The van der Waals surface area contributed by atoms with E-state index in [-0.39, 0.29) is 5.82 Å². The van der Waals surface area contributed by atoms with Gasteiger partial charge in [0.1, 0.15) is 11.6 Å². The number of fused-ring (bicyclic) bond motifs is 1. The lowest BCUT2D eigenvalue weighted by molar-refractivity contribution is 0.0717. The van der Waals surface area contributed by atoms with Gasteiger partial charge in [0.2, 0.25) is 0 Å². The summed E-state index contributed by atoms with van der Waals surface area (Å²) >= 11 is 5.85. The number of halogens is 2. The Kier molecular flexibility index (Phi) is 2.84. The monoisotopic (exact) mass is 274 g/mol. The van der Waals surface area contributed by atoms with Crippen LogP contribution in [0.4, 0.5) is 4.39 Å². The van der Waals surface area contributed by atoms with Crippen molar-refractivity contribution in [2.75, 3.05) is 0 Å². The fourth-order valence-corrected chi connectivity index (χ4v) is 2.10. The van der Waals surface area contributed by atoms with Crippen molar-refractivity contribution in [1.82, 2.24) is 0 Å². The highest BCUT2D eigenvalue weighted by atomic mass is 35.5. The van der Waals surface area contributed by atoms with Gasteiger partial charge in [-0.3, -0.25) is 0 Å². The Balaban J connectivity index is 2.05. The first-order valence-electron chi connectivity index (χ1n) is 5.63. The molecule has 1 heterocycles. The Morgan fingerprint density at radius 1 is 1.05 bits per heavy atom. The van der Waals surface area contributed by atoms with Crippen LogP contribution in [0, 0.1) is 5.82 Å². The van der Waals surface area contributed by atoms with Gasteiger partial charge < -0.3 is 4.74 Å². The van der Waals surface area contributed by atoms with Crippen LogP contribution < -0.4 is 0 Å². The molecule has 1 aliphatic rings. The molecule has 0 unspecified atom stereocenters. The molecule has 4 heteroatoms. The highest BCUT2D eigenvalue weighted by Gasteiger charge is 2.26. The second-order valence-electron chi connectivity index (χ2n) is 4.14. The first kappa shape index (κ1) is 11.9. The minimum Gasteiger partial charge on any atom is -0.422 e. The van der Waals surface area contributed by atoms with E-state index in [1.807, 2.05) is 0 Å². The number of carbonyl (C=O) groups is 1. The molecule has 2 nitrogen and oxygen atoms in total. The zero-order valence-corrected chi connectivity index (χ0v) is 10.4. The van der Waals surface area contributed by atoms with E-state index in [4.69, 9.17) is 16.3 Å². The molecule has 94 valence electrons. The van der Waals surface area contributed by atoms with E-state index in [1.54, 1.807) is 36.4 Å². The van der Waals surface area contributed by atoms with Gasteiger partial charge in [0.25, 0.3) is 0 Å². The topological polar surface area (TPSA) is 26.3 Å².